The Balaban J connectivity index is 2.14. The van der Waals surface area contributed by atoms with Gasteiger partial charge in [0.2, 0.25) is 0 Å². The summed E-state index contributed by atoms with van der Waals surface area (Å²) in [5, 5.41) is 1.33. The third kappa shape index (κ3) is 2.77. The zero-order chi connectivity index (χ0) is 15.4. The fraction of sp³-hybridized carbons (Fsp3) is 0.316. The third-order valence-corrected chi connectivity index (χ3v) is 4.21. The Hall–Kier alpha value is -2.13. The number of hydrogen-bond donors (Lipinski definition) is 2. The van der Waals surface area contributed by atoms with Crippen LogP contribution in [0.2, 0.25) is 0 Å². The van der Waals surface area contributed by atoms with Gasteiger partial charge in [0, 0.05) is 17.1 Å². The molecule has 3 aromatic rings. The molecule has 0 spiro atoms. The number of aromatic nitrogens is 2. The van der Waals surface area contributed by atoms with E-state index in [4.69, 9.17) is 5.73 Å². The van der Waals surface area contributed by atoms with Gasteiger partial charge in [-0.3, -0.25) is 4.98 Å². The first-order chi connectivity index (χ1) is 10.8. The van der Waals surface area contributed by atoms with Crippen LogP contribution in [0.1, 0.15) is 30.9 Å². The van der Waals surface area contributed by atoms with E-state index < -0.39 is 0 Å². The molecule has 0 bridgehead atoms. The number of rotatable bonds is 6. The van der Waals surface area contributed by atoms with Crippen LogP contribution < -0.4 is 5.73 Å². The van der Waals surface area contributed by atoms with E-state index in [1.165, 1.54) is 22.0 Å². The average molecular weight is 293 g/mol. The molecule has 3 nitrogen and oxygen atoms in total. The van der Waals surface area contributed by atoms with Crippen molar-refractivity contribution in [3.05, 3.63) is 53.7 Å². The van der Waals surface area contributed by atoms with E-state index in [2.05, 4.69) is 41.2 Å². The summed E-state index contributed by atoms with van der Waals surface area (Å²) in [6.45, 7) is 2.95. The SMILES string of the molecule is CCc1cccc2c(CCCCN)c(-c3ccccn3)[nH]c12. The number of aromatic amines is 1. The average Bonchev–Trinajstić information content (AvgIpc) is 2.95. The van der Waals surface area contributed by atoms with Crippen molar-refractivity contribution in [3.63, 3.8) is 0 Å². The molecular weight excluding hydrogens is 270 g/mol. The molecule has 0 aliphatic rings. The zero-order valence-electron chi connectivity index (χ0n) is 13.1. The van der Waals surface area contributed by atoms with E-state index in [9.17, 15) is 0 Å². The molecule has 3 rings (SSSR count). The molecule has 3 N–H and O–H groups in total. The largest absolute Gasteiger partial charge is 0.353 e. The molecule has 0 aliphatic heterocycles. The van der Waals surface area contributed by atoms with E-state index in [0.717, 1.165) is 43.6 Å². The number of nitrogens with zero attached hydrogens (tertiary/aromatic N) is 1. The monoisotopic (exact) mass is 293 g/mol. The normalized spacial score (nSPS) is 11.2. The van der Waals surface area contributed by atoms with Gasteiger partial charge in [0.25, 0.3) is 0 Å². The summed E-state index contributed by atoms with van der Waals surface area (Å²) < 4.78 is 0. The number of H-pyrrole nitrogens is 1. The summed E-state index contributed by atoms with van der Waals surface area (Å²) in [6, 6.07) is 12.6. The minimum Gasteiger partial charge on any atom is -0.353 e. The van der Waals surface area contributed by atoms with Gasteiger partial charge < -0.3 is 10.7 Å². The Morgan fingerprint density at radius 3 is 2.73 bits per heavy atom. The Bertz CT molecular complexity index is 744. The quantitative estimate of drug-likeness (QED) is 0.673. The summed E-state index contributed by atoms with van der Waals surface area (Å²) in [5.41, 5.74) is 11.8. The summed E-state index contributed by atoms with van der Waals surface area (Å²) in [4.78, 5) is 8.17. The molecule has 2 aromatic heterocycles. The Morgan fingerprint density at radius 2 is 2.00 bits per heavy atom. The van der Waals surface area contributed by atoms with Gasteiger partial charge in [-0.2, -0.15) is 0 Å². The lowest BCUT2D eigenvalue weighted by Gasteiger charge is -2.04. The number of pyridine rings is 1. The number of aryl methyl sites for hydroxylation is 2. The Kier molecular flexibility index (Phi) is 4.54. The van der Waals surface area contributed by atoms with Crippen LogP contribution in [0.15, 0.2) is 42.6 Å². The highest BCUT2D eigenvalue weighted by Crippen LogP contribution is 2.32. The first-order valence-electron chi connectivity index (χ1n) is 8.09. The van der Waals surface area contributed by atoms with Gasteiger partial charge in [-0.15, -0.1) is 0 Å². The van der Waals surface area contributed by atoms with Crippen molar-refractivity contribution >= 4 is 10.9 Å². The smallest absolute Gasteiger partial charge is 0.0867 e. The number of nitrogens with two attached hydrogens (primary N) is 1. The lowest BCUT2D eigenvalue weighted by molar-refractivity contribution is 0.748. The number of hydrogen-bond acceptors (Lipinski definition) is 2. The summed E-state index contributed by atoms with van der Waals surface area (Å²) in [6.07, 6.45) is 6.09. The van der Waals surface area contributed by atoms with E-state index in [1.54, 1.807) is 0 Å². The van der Waals surface area contributed by atoms with E-state index in [-0.39, 0.29) is 0 Å². The van der Waals surface area contributed by atoms with Crippen molar-refractivity contribution < 1.29 is 0 Å². The fourth-order valence-electron chi connectivity index (χ4n) is 3.06. The zero-order valence-corrected chi connectivity index (χ0v) is 13.1. The molecule has 22 heavy (non-hydrogen) atoms. The van der Waals surface area contributed by atoms with Crippen molar-refractivity contribution in [2.75, 3.05) is 6.54 Å². The maximum atomic E-state index is 5.66. The topological polar surface area (TPSA) is 54.7 Å². The predicted octanol–water partition coefficient (Wildman–Crippen LogP) is 4.07. The van der Waals surface area contributed by atoms with Crippen LogP contribution in [0.3, 0.4) is 0 Å². The van der Waals surface area contributed by atoms with Crippen molar-refractivity contribution in [3.8, 4) is 11.4 Å². The minimum atomic E-state index is 0.751. The van der Waals surface area contributed by atoms with E-state index in [1.807, 2.05) is 18.3 Å². The van der Waals surface area contributed by atoms with Gasteiger partial charge in [0.05, 0.1) is 11.4 Å². The maximum Gasteiger partial charge on any atom is 0.0867 e. The van der Waals surface area contributed by atoms with Gasteiger partial charge in [-0.25, -0.2) is 0 Å². The highest BCUT2D eigenvalue weighted by atomic mass is 14.8. The summed E-state index contributed by atoms with van der Waals surface area (Å²) >= 11 is 0. The first-order valence-corrected chi connectivity index (χ1v) is 8.09. The van der Waals surface area contributed by atoms with Crippen molar-refractivity contribution in [1.29, 1.82) is 0 Å². The van der Waals surface area contributed by atoms with Gasteiger partial charge >= 0.3 is 0 Å². The second-order valence-corrected chi connectivity index (χ2v) is 5.63. The molecule has 0 radical (unpaired) electrons. The number of unbranched alkanes of at least 4 members (excludes halogenated alkanes) is 1. The number of nitrogens with one attached hydrogen (secondary N) is 1. The van der Waals surface area contributed by atoms with Crippen LogP contribution in [0, 0.1) is 0 Å². The number of benzene rings is 1. The molecule has 0 saturated heterocycles. The van der Waals surface area contributed by atoms with Crippen molar-refractivity contribution in [2.24, 2.45) is 5.73 Å². The number of para-hydroxylation sites is 1. The molecule has 3 heteroatoms. The van der Waals surface area contributed by atoms with Crippen LogP contribution in [-0.4, -0.2) is 16.5 Å². The molecule has 0 aliphatic carbocycles. The van der Waals surface area contributed by atoms with Gasteiger partial charge in [0.15, 0.2) is 0 Å². The molecule has 0 saturated carbocycles. The fourth-order valence-corrected chi connectivity index (χ4v) is 3.06. The van der Waals surface area contributed by atoms with Gasteiger partial charge in [-0.1, -0.05) is 31.2 Å². The first kappa shape index (κ1) is 14.8. The highest BCUT2D eigenvalue weighted by Gasteiger charge is 2.15. The lowest BCUT2D eigenvalue weighted by atomic mass is 10.0. The van der Waals surface area contributed by atoms with E-state index in [0.29, 0.717) is 0 Å². The highest BCUT2D eigenvalue weighted by molar-refractivity contribution is 5.92. The van der Waals surface area contributed by atoms with Crippen LogP contribution in [-0.2, 0) is 12.8 Å². The second-order valence-electron chi connectivity index (χ2n) is 5.63. The molecule has 0 atom stereocenters. The predicted molar refractivity (Wildman–Crippen MR) is 92.9 cm³/mol. The van der Waals surface area contributed by atoms with Gasteiger partial charge in [0.1, 0.15) is 0 Å². The Labute approximate surface area is 131 Å². The molecule has 2 heterocycles. The van der Waals surface area contributed by atoms with Crippen LogP contribution >= 0.6 is 0 Å². The summed E-state index contributed by atoms with van der Waals surface area (Å²) in [5.74, 6) is 0. The third-order valence-electron chi connectivity index (χ3n) is 4.21. The minimum absolute atomic E-state index is 0.751. The Morgan fingerprint density at radius 1 is 1.09 bits per heavy atom. The molecular formula is C19H23N3. The molecule has 0 unspecified atom stereocenters. The second kappa shape index (κ2) is 6.75. The van der Waals surface area contributed by atoms with Crippen molar-refractivity contribution in [2.45, 2.75) is 32.6 Å². The van der Waals surface area contributed by atoms with Gasteiger partial charge in [-0.05, 0) is 55.5 Å². The van der Waals surface area contributed by atoms with Crippen molar-refractivity contribution in [1.82, 2.24) is 9.97 Å². The van der Waals surface area contributed by atoms with Crippen LogP contribution in [0.4, 0.5) is 0 Å². The maximum absolute atomic E-state index is 5.66. The van der Waals surface area contributed by atoms with Crippen LogP contribution in [0.5, 0.6) is 0 Å². The standard InChI is InChI=1S/C19H23N3/c1-2-14-8-7-10-15-16(9-3-5-12-20)19(22-18(14)15)17-11-4-6-13-21-17/h4,6-8,10-11,13,22H,2-3,5,9,12,20H2,1H3. The number of fused-ring (bicyclic) bond motifs is 1. The molecule has 1 aromatic carbocycles. The molecule has 0 amide bonds. The lowest BCUT2D eigenvalue weighted by Crippen LogP contribution is -1.99. The van der Waals surface area contributed by atoms with E-state index >= 15 is 0 Å². The summed E-state index contributed by atoms with van der Waals surface area (Å²) in [7, 11) is 0. The van der Waals surface area contributed by atoms with Crippen LogP contribution in [0.25, 0.3) is 22.3 Å². The molecule has 114 valence electrons. The molecule has 0 fully saturated rings.